The fourth-order valence-electron chi connectivity index (χ4n) is 2.78. The fourth-order valence-corrected chi connectivity index (χ4v) is 2.78. The molecule has 4 heteroatoms. The summed E-state index contributed by atoms with van der Waals surface area (Å²) < 4.78 is 17.0. The first-order valence-electron chi connectivity index (χ1n) is 9.88. The van der Waals surface area contributed by atoms with Crippen molar-refractivity contribution in [2.45, 2.75) is 59.2 Å². The van der Waals surface area contributed by atoms with Gasteiger partial charge in [-0.15, -0.1) is 0 Å². The van der Waals surface area contributed by atoms with Crippen LogP contribution in [0.25, 0.3) is 0 Å². The zero-order chi connectivity index (χ0) is 19.5. The lowest BCUT2D eigenvalue weighted by atomic mass is 10.1. The molecule has 0 unspecified atom stereocenters. The van der Waals surface area contributed by atoms with Crippen LogP contribution >= 0.6 is 0 Å². The highest BCUT2D eigenvalue weighted by Gasteiger charge is 2.06. The SMILES string of the molecule is CCCCCOc1ccc(CNCc2ccc(OC(C)C)cc2)cc1OC. The molecule has 1 N–H and O–H groups in total. The first-order chi connectivity index (χ1) is 13.1. The van der Waals surface area contributed by atoms with Crippen LogP contribution in [0.3, 0.4) is 0 Å². The van der Waals surface area contributed by atoms with E-state index in [1.165, 1.54) is 24.0 Å². The number of unbranched alkanes of at least 4 members (excludes halogenated alkanes) is 2. The summed E-state index contributed by atoms with van der Waals surface area (Å²) in [6.07, 6.45) is 3.65. The third kappa shape index (κ3) is 7.51. The molecule has 0 aliphatic heterocycles. The third-order valence-corrected chi connectivity index (χ3v) is 4.19. The van der Waals surface area contributed by atoms with Gasteiger partial charge < -0.3 is 19.5 Å². The third-order valence-electron chi connectivity index (χ3n) is 4.19. The molecule has 2 rings (SSSR count). The van der Waals surface area contributed by atoms with Crippen LogP contribution in [-0.2, 0) is 13.1 Å². The van der Waals surface area contributed by atoms with Gasteiger partial charge >= 0.3 is 0 Å². The Balaban J connectivity index is 1.82. The van der Waals surface area contributed by atoms with Gasteiger partial charge in [-0.05, 0) is 55.7 Å². The molecule has 0 atom stereocenters. The van der Waals surface area contributed by atoms with Gasteiger partial charge in [-0.1, -0.05) is 38.0 Å². The van der Waals surface area contributed by atoms with Crippen molar-refractivity contribution in [1.82, 2.24) is 5.32 Å². The zero-order valence-corrected chi connectivity index (χ0v) is 17.1. The van der Waals surface area contributed by atoms with Gasteiger partial charge in [0.2, 0.25) is 0 Å². The normalized spacial score (nSPS) is 10.9. The van der Waals surface area contributed by atoms with Crippen LogP contribution in [0.5, 0.6) is 17.2 Å². The minimum absolute atomic E-state index is 0.197. The minimum atomic E-state index is 0.197. The van der Waals surface area contributed by atoms with E-state index in [0.717, 1.165) is 43.4 Å². The number of hydrogen-bond acceptors (Lipinski definition) is 4. The number of hydrogen-bond donors (Lipinski definition) is 1. The van der Waals surface area contributed by atoms with Gasteiger partial charge in [0.25, 0.3) is 0 Å². The van der Waals surface area contributed by atoms with E-state index in [4.69, 9.17) is 14.2 Å². The molecule has 148 valence electrons. The summed E-state index contributed by atoms with van der Waals surface area (Å²) in [5.41, 5.74) is 2.40. The molecule has 27 heavy (non-hydrogen) atoms. The lowest BCUT2D eigenvalue weighted by Gasteiger charge is -2.13. The molecule has 0 bridgehead atoms. The maximum absolute atomic E-state index is 5.84. The molecule has 0 saturated heterocycles. The van der Waals surface area contributed by atoms with E-state index in [9.17, 15) is 0 Å². The Kier molecular flexibility index (Phi) is 8.99. The molecule has 0 spiro atoms. The molecule has 0 aliphatic carbocycles. The van der Waals surface area contributed by atoms with Crippen molar-refractivity contribution < 1.29 is 14.2 Å². The Bertz CT molecular complexity index is 668. The predicted octanol–water partition coefficient (Wildman–Crippen LogP) is 5.34. The molecule has 0 aliphatic rings. The quantitative estimate of drug-likeness (QED) is 0.511. The van der Waals surface area contributed by atoms with Crippen molar-refractivity contribution in [3.05, 3.63) is 53.6 Å². The summed E-state index contributed by atoms with van der Waals surface area (Å²) >= 11 is 0. The molecule has 0 saturated carbocycles. The van der Waals surface area contributed by atoms with Crippen LogP contribution in [0.15, 0.2) is 42.5 Å². The summed E-state index contributed by atoms with van der Waals surface area (Å²) in [7, 11) is 1.69. The minimum Gasteiger partial charge on any atom is -0.493 e. The summed E-state index contributed by atoms with van der Waals surface area (Å²) in [5, 5.41) is 3.47. The Morgan fingerprint density at radius 1 is 0.889 bits per heavy atom. The lowest BCUT2D eigenvalue weighted by Crippen LogP contribution is -2.13. The second kappa shape index (κ2) is 11.5. The molecule has 0 amide bonds. The predicted molar refractivity (Wildman–Crippen MR) is 111 cm³/mol. The highest BCUT2D eigenvalue weighted by molar-refractivity contribution is 5.43. The maximum Gasteiger partial charge on any atom is 0.161 e. The van der Waals surface area contributed by atoms with Crippen molar-refractivity contribution in [3.8, 4) is 17.2 Å². The Labute approximate surface area is 163 Å². The number of methoxy groups -OCH3 is 1. The second-order valence-electron chi connectivity index (χ2n) is 6.95. The smallest absolute Gasteiger partial charge is 0.161 e. The molecule has 0 fully saturated rings. The summed E-state index contributed by atoms with van der Waals surface area (Å²) in [4.78, 5) is 0. The van der Waals surface area contributed by atoms with Crippen molar-refractivity contribution in [2.75, 3.05) is 13.7 Å². The van der Waals surface area contributed by atoms with E-state index in [-0.39, 0.29) is 6.10 Å². The van der Waals surface area contributed by atoms with E-state index >= 15 is 0 Å². The van der Waals surface area contributed by atoms with Gasteiger partial charge in [0.15, 0.2) is 11.5 Å². The first kappa shape index (κ1) is 21.1. The zero-order valence-electron chi connectivity index (χ0n) is 17.1. The molecular weight excluding hydrogens is 338 g/mol. The summed E-state index contributed by atoms with van der Waals surface area (Å²) in [5.74, 6) is 2.52. The van der Waals surface area contributed by atoms with Crippen LogP contribution in [0.1, 0.15) is 51.2 Å². The topological polar surface area (TPSA) is 39.7 Å². The highest BCUT2D eigenvalue weighted by atomic mass is 16.5. The van der Waals surface area contributed by atoms with Gasteiger partial charge in [0, 0.05) is 13.1 Å². The lowest BCUT2D eigenvalue weighted by molar-refractivity contribution is 0.242. The largest absolute Gasteiger partial charge is 0.493 e. The van der Waals surface area contributed by atoms with E-state index in [0.29, 0.717) is 0 Å². The van der Waals surface area contributed by atoms with Gasteiger partial charge in [0.1, 0.15) is 5.75 Å². The van der Waals surface area contributed by atoms with Gasteiger partial charge in [-0.2, -0.15) is 0 Å². The summed E-state index contributed by atoms with van der Waals surface area (Å²) in [6.45, 7) is 8.57. The Morgan fingerprint density at radius 2 is 1.59 bits per heavy atom. The van der Waals surface area contributed by atoms with Crippen molar-refractivity contribution in [2.24, 2.45) is 0 Å². The molecular formula is C23H33NO3. The number of ether oxygens (including phenoxy) is 3. The van der Waals surface area contributed by atoms with Crippen LogP contribution in [0, 0.1) is 0 Å². The van der Waals surface area contributed by atoms with E-state index < -0.39 is 0 Å². The van der Waals surface area contributed by atoms with Crippen molar-refractivity contribution >= 4 is 0 Å². The standard InChI is InChI=1S/C23H33NO3/c1-5-6-7-14-26-22-13-10-20(15-23(22)25-4)17-24-16-19-8-11-21(12-9-19)27-18(2)3/h8-13,15,18,24H,5-7,14,16-17H2,1-4H3. The van der Waals surface area contributed by atoms with Gasteiger partial charge in [0.05, 0.1) is 19.8 Å². The molecule has 2 aromatic rings. The van der Waals surface area contributed by atoms with Crippen LogP contribution < -0.4 is 19.5 Å². The monoisotopic (exact) mass is 371 g/mol. The van der Waals surface area contributed by atoms with Gasteiger partial charge in [-0.3, -0.25) is 0 Å². The highest BCUT2D eigenvalue weighted by Crippen LogP contribution is 2.28. The van der Waals surface area contributed by atoms with Gasteiger partial charge in [-0.25, -0.2) is 0 Å². The van der Waals surface area contributed by atoms with E-state index in [2.05, 4.69) is 30.4 Å². The number of nitrogens with one attached hydrogen (secondary N) is 1. The van der Waals surface area contributed by atoms with Crippen LogP contribution in [0.4, 0.5) is 0 Å². The van der Waals surface area contributed by atoms with E-state index in [1.807, 2.05) is 38.1 Å². The first-order valence-corrected chi connectivity index (χ1v) is 9.88. The molecule has 4 nitrogen and oxygen atoms in total. The average Bonchev–Trinajstić information content (AvgIpc) is 2.67. The maximum atomic E-state index is 5.84. The second-order valence-corrected chi connectivity index (χ2v) is 6.95. The number of rotatable bonds is 12. The number of benzene rings is 2. The average molecular weight is 372 g/mol. The molecule has 0 radical (unpaired) electrons. The van der Waals surface area contributed by atoms with E-state index in [1.54, 1.807) is 7.11 Å². The molecule has 0 aromatic heterocycles. The fraction of sp³-hybridized carbons (Fsp3) is 0.478. The molecule has 0 heterocycles. The molecule has 2 aromatic carbocycles. The Hall–Kier alpha value is -2.20. The van der Waals surface area contributed by atoms with Crippen molar-refractivity contribution in [1.29, 1.82) is 0 Å². The van der Waals surface area contributed by atoms with Crippen LogP contribution in [0.2, 0.25) is 0 Å². The Morgan fingerprint density at radius 3 is 2.26 bits per heavy atom. The van der Waals surface area contributed by atoms with Crippen molar-refractivity contribution in [3.63, 3.8) is 0 Å². The summed E-state index contributed by atoms with van der Waals surface area (Å²) in [6, 6.07) is 14.4. The van der Waals surface area contributed by atoms with Crippen LogP contribution in [-0.4, -0.2) is 19.8 Å².